The smallest absolute Gasteiger partial charge is 0.409 e. The first-order valence-electron chi connectivity index (χ1n) is 11.5. The van der Waals surface area contributed by atoms with Gasteiger partial charge in [0.1, 0.15) is 5.75 Å². The molecule has 3 aromatic rings. The van der Waals surface area contributed by atoms with Crippen molar-refractivity contribution in [2.45, 2.75) is 38.9 Å². The fraction of sp³-hybridized carbons (Fsp3) is 0.400. The van der Waals surface area contributed by atoms with Gasteiger partial charge in [0.15, 0.2) is 0 Å². The summed E-state index contributed by atoms with van der Waals surface area (Å²) in [7, 11) is 1.61. The zero-order valence-electron chi connectivity index (χ0n) is 19.6. The average molecular weight is 466 g/mol. The van der Waals surface area contributed by atoms with Crippen LogP contribution >= 0.6 is 0 Å². The lowest BCUT2D eigenvalue weighted by atomic mass is 10.0. The van der Waals surface area contributed by atoms with Gasteiger partial charge in [0.25, 0.3) is 5.56 Å². The SMILES string of the molecule is COc1ccc2ncc(=O)n(CCN3CCC(NCc4ccc(C)c(NC(=O)O)c4)CC3)c2c1. The Kier molecular flexibility index (Phi) is 7.44. The van der Waals surface area contributed by atoms with Gasteiger partial charge in [0.2, 0.25) is 0 Å². The van der Waals surface area contributed by atoms with Gasteiger partial charge in [-0.25, -0.2) is 9.78 Å². The Hall–Kier alpha value is -3.43. The van der Waals surface area contributed by atoms with Crippen molar-refractivity contribution in [2.24, 2.45) is 0 Å². The summed E-state index contributed by atoms with van der Waals surface area (Å²) in [5.41, 5.74) is 4.04. The number of carboxylic acid groups (broad SMARTS) is 1. The maximum absolute atomic E-state index is 12.5. The molecule has 1 aromatic heterocycles. The summed E-state index contributed by atoms with van der Waals surface area (Å²) >= 11 is 0. The van der Waals surface area contributed by atoms with Crippen LogP contribution in [0, 0.1) is 6.92 Å². The molecule has 180 valence electrons. The average Bonchev–Trinajstić information content (AvgIpc) is 2.84. The van der Waals surface area contributed by atoms with Crippen molar-refractivity contribution in [3.8, 4) is 5.75 Å². The fourth-order valence-electron chi connectivity index (χ4n) is 4.39. The molecule has 0 bridgehead atoms. The molecule has 0 radical (unpaired) electrons. The number of aryl methyl sites for hydroxylation is 1. The molecule has 2 heterocycles. The van der Waals surface area contributed by atoms with Gasteiger partial charge in [0.05, 0.1) is 24.3 Å². The Balaban J connectivity index is 1.29. The van der Waals surface area contributed by atoms with E-state index in [0.29, 0.717) is 30.6 Å². The molecule has 0 aliphatic carbocycles. The van der Waals surface area contributed by atoms with E-state index in [-0.39, 0.29) is 5.56 Å². The number of methoxy groups -OCH3 is 1. The Morgan fingerprint density at radius 3 is 2.71 bits per heavy atom. The second-order valence-electron chi connectivity index (χ2n) is 8.68. The van der Waals surface area contributed by atoms with Crippen LogP contribution in [0.15, 0.2) is 47.4 Å². The molecule has 2 aromatic carbocycles. The number of nitrogens with zero attached hydrogens (tertiary/aromatic N) is 3. The van der Waals surface area contributed by atoms with Gasteiger partial charge in [-0.05, 0) is 62.2 Å². The van der Waals surface area contributed by atoms with E-state index in [9.17, 15) is 9.59 Å². The quantitative estimate of drug-likeness (QED) is 0.469. The Labute approximate surface area is 198 Å². The van der Waals surface area contributed by atoms with Gasteiger partial charge in [-0.3, -0.25) is 10.1 Å². The van der Waals surface area contributed by atoms with Gasteiger partial charge in [-0.15, -0.1) is 0 Å². The highest BCUT2D eigenvalue weighted by Gasteiger charge is 2.19. The Morgan fingerprint density at radius 2 is 1.97 bits per heavy atom. The molecule has 1 aliphatic rings. The van der Waals surface area contributed by atoms with Crippen LogP contribution in [0.3, 0.4) is 0 Å². The molecule has 4 rings (SSSR count). The van der Waals surface area contributed by atoms with Crippen LogP contribution in [0.4, 0.5) is 10.5 Å². The monoisotopic (exact) mass is 465 g/mol. The molecule has 1 amide bonds. The molecule has 9 heteroatoms. The van der Waals surface area contributed by atoms with Crippen molar-refractivity contribution < 1.29 is 14.6 Å². The molecule has 0 atom stereocenters. The van der Waals surface area contributed by atoms with E-state index in [1.165, 1.54) is 6.20 Å². The van der Waals surface area contributed by atoms with Gasteiger partial charge in [0, 0.05) is 37.4 Å². The number of hydrogen-bond donors (Lipinski definition) is 3. The van der Waals surface area contributed by atoms with Gasteiger partial charge < -0.3 is 24.6 Å². The van der Waals surface area contributed by atoms with E-state index in [2.05, 4.69) is 20.5 Å². The maximum atomic E-state index is 12.5. The first-order valence-corrected chi connectivity index (χ1v) is 11.5. The van der Waals surface area contributed by atoms with E-state index < -0.39 is 6.09 Å². The number of amides is 1. The highest BCUT2D eigenvalue weighted by molar-refractivity contribution is 5.84. The fourth-order valence-corrected chi connectivity index (χ4v) is 4.39. The van der Waals surface area contributed by atoms with Crippen molar-refractivity contribution >= 4 is 22.8 Å². The molecule has 34 heavy (non-hydrogen) atoms. The number of ether oxygens (including phenoxy) is 1. The van der Waals surface area contributed by atoms with Gasteiger partial charge >= 0.3 is 6.09 Å². The number of anilines is 1. The second kappa shape index (κ2) is 10.7. The van der Waals surface area contributed by atoms with Crippen molar-refractivity contribution in [1.29, 1.82) is 0 Å². The third kappa shape index (κ3) is 5.73. The molecule has 1 saturated heterocycles. The largest absolute Gasteiger partial charge is 0.497 e. The first-order chi connectivity index (χ1) is 16.4. The van der Waals surface area contributed by atoms with Crippen LogP contribution in [0.1, 0.15) is 24.0 Å². The zero-order valence-corrected chi connectivity index (χ0v) is 19.6. The third-order valence-electron chi connectivity index (χ3n) is 6.42. The third-order valence-corrected chi connectivity index (χ3v) is 6.42. The molecular formula is C25H31N5O4. The predicted octanol–water partition coefficient (Wildman–Crippen LogP) is 3.06. The van der Waals surface area contributed by atoms with Crippen LogP contribution in [0.5, 0.6) is 5.75 Å². The van der Waals surface area contributed by atoms with Gasteiger partial charge in [-0.2, -0.15) is 0 Å². The van der Waals surface area contributed by atoms with Crippen molar-refractivity contribution in [2.75, 3.05) is 32.1 Å². The summed E-state index contributed by atoms with van der Waals surface area (Å²) < 4.78 is 7.09. The summed E-state index contributed by atoms with van der Waals surface area (Å²) in [4.78, 5) is 30.1. The topological polar surface area (TPSA) is 109 Å². The number of benzene rings is 2. The van der Waals surface area contributed by atoms with E-state index in [1.54, 1.807) is 11.7 Å². The second-order valence-corrected chi connectivity index (χ2v) is 8.68. The first kappa shape index (κ1) is 23.7. The Bertz CT molecular complexity index is 1220. The number of piperidine rings is 1. The van der Waals surface area contributed by atoms with Crippen molar-refractivity contribution in [1.82, 2.24) is 19.8 Å². The van der Waals surface area contributed by atoms with Gasteiger partial charge in [-0.1, -0.05) is 12.1 Å². The minimum Gasteiger partial charge on any atom is -0.497 e. The maximum Gasteiger partial charge on any atom is 0.409 e. The van der Waals surface area contributed by atoms with E-state index in [1.807, 2.05) is 43.3 Å². The molecule has 0 unspecified atom stereocenters. The number of carbonyl (C=O) groups is 1. The lowest BCUT2D eigenvalue weighted by Crippen LogP contribution is -2.43. The summed E-state index contributed by atoms with van der Waals surface area (Å²) in [6.45, 7) is 5.89. The molecule has 9 nitrogen and oxygen atoms in total. The summed E-state index contributed by atoms with van der Waals surface area (Å²) in [6, 6.07) is 11.8. The number of fused-ring (bicyclic) bond motifs is 1. The molecule has 3 N–H and O–H groups in total. The normalized spacial score (nSPS) is 14.9. The lowest BCUT2D eigenvalue weighted by Gasteiger charge is -2.32. The number of likely N-dealkylation sites (tertiary alicyclic amines) is 1. The minimum atomic E-state index is -1.05. The van der Waals surface area contributed by atoms with Crippen LogP contribution in [-0.2, 0) is 13.1 Å². The summed E-state index contributed by atoms with van der Waals surface area (Å²) in [5.74, 6) is 0.708. The van der Waals surface area contributed by atoms with Crippen molar-refractivity contribution in [3.63, 3.8) is 0 Å². The molecule has 0 spiro atoms. The Morgan fingerprint density at radius 1 is 1.18 bits per heavy atom. The van der Waals surface area contributed by atoms with Crippen LogP contribution in [0.2, 0.25) is 0 Å². The number of nitrogens with one attached hydrogen (secondary N) is 2. The zero-order chi connectivity index (χ0) is 24.1. The molecular weight excluding hydrogens is 434 g/mol. The van der Waals surface area contributed by atoms with E-state index >= 15 is 0 Å². The summed E-state index contributed by atoms with van der Waals surface area (Å²) in [6.07, 6.45) is 2.37. The minimum absolute atomic E-state index is 0.104. The number of rotatable bonds is 8. The molecule has 0 saturated carbocycles. The van der Waals surface area contributed by atoms with Crippen LogP contribution < -0.4 is 20.9 Å². The molecule has 1 aliphatic heterocycles. The molecule has 1 fully saturated rings. The van der Waals surface area contributed by atoms with Crippen LogP contribution in [-0.4, -0.2) is 58.4 Å². The number of aromatic nitrogens is 2. The highest BCUT2D eigenvalue weighted by atomic mass is 16.5. The standard InChI is InChI=1S/C25H31N5O4/c1-17-3-4-18(13-22(17)28-25(32)33)15-26-19-7-9-29(10-8-19)11-12-30-23-14-20(34-2)5-6-21(23)27-16-24(30)31/h3-6,13-14,16,19,26,28H,7-12,15H2,1-2H3,(H,32,33). The van der Waals surface area contributed by atoms with E-state index in [4.69, 9.17) is 9.84 Å². The predicted molar refractivity (Wildman–Crippen MR) is 132 cm³/mol. The highest BCUT2D eigenvalue weighted by Crippen LogP contribution is 2.19. The number of hydrogen-bond acceptors (Lipinski definition) is 6. The lowest BCUT2D eigenvalue weighted by molar-refractivity contribution is 0.191. The summed E-state index contributed by atoms with van der Waals surface area (Å²) in [5, 5.41) is 15.0. The van der Waals surface area contributed by atoms with Crippen LogP contribution in [0.25, 0.3) is 11.0 Å². The van der Waals surface area contributed by atoms with Crippen molar-refractivity contribution in [3.05, 3.63) is 64.1 Å². The van der Waals surface area contributed by atoms with E-state index in [0.717, 1.165) is 54.6 Å².